The molecule has 0 spiro atoms. The molecular weight excluding hydrogens is 456 g/mol. The summed E-state index contributed by atoms with van der Waals surface area (Å²) in [5.74, 6) is 1.40. The van der Waals surface area contributed by atoms with E-state index in [-0.39, 0.29) is 17.9 Å². The quantitative estimate of drug-likeness (QED) is 0.623. The number of para-hydroxylation sites is 1. The third-order valence-corrected chi connectivity index (χ3v) is 8.39. The molecule has 1 saturated carbocycles. The van der Waals surface area contributed by atoms with E-state index < -0.39 is 0 Å². The van der Waals surface area contributed by atoms with E-state index in [1.807, 2.05) is 24.3 Å². The fourth-order valence-electron chi connectivity index (χ4n) is 5.49. The van der Waals surface area contributed by atoms with E-state index in [0.717, 1.165) is 39.4 Å². The molecule has 35 heavy (non-hydrogen) atoms. The summed E-state index contributed by atoms with van der Waals surface area (Å²) in [7, 11) is 0. The van der Waals surface area contributed by atoms with Crippen molar-refractivity contribution in [3.05, 3.63) is 59.3 Å². The van der Waals surface area contributed by atoms with Crippen LogP contribution in [0.3, 0.4) is 0 Å². The van der Waals surface area contributed by atoms with Crippen molar-refractivity contribution in [2.45, 2.75) is 51.6 Å². The number of aromatic nitrogens is 1. The highest BCUT2D eigenvalue weighted by Crippen LogP contribution is 2.36. The van der Waals surface area contributed by atoms with Crippen LogP contribution in [0, 0.1) is 5.92 Å². The van der Waals surface area contributed by atoms with Crippen LogP contribution in [-0.2, 0) is 11.3 Å². The second-order valence-corrected chi connectivity index (χ2v) is 10.9. The van der Waals surface area contributed by atoms with Gasteiger partial charge in [0.1, 0.15) is 0 Å². The van der Waals surface area contributed by atoms with Crippen molar-refractivity contribution in [1.82, 2.24) is 20.5 Å². The van der Waals surface area contributed by atoms with Crippen molar-refractivity contribution in [3.8, 4) is 0 Å². The van der Waals surface area contributed by atoms with Gasteiger partial charge in [0.2, 0.25) is 5.91 Å². The Morgan fingerprint density at radius 3 is 2.86 bits per heavy atom. The van der Waals surface area contributed by atoms with Crippen LogP contribution < -0.4 is 10.6 Å². The summed E-state index contributed by atoms with van der Waals surface area (Å²) in [5.41, 5.74) is 3.31. The summed E-state index contributed by atoms with van der Waals surface area (Å²) >= 11 is 1.74. The van der Waals surface area contributed by atoms with E-state index in [1.165, 1.54) is 32.1 Å². The van der Waals surface area contributed by atoms with Crippen LogP contribution in [0.1, 0.15) is 60.6 Å². The standard InChI is InChI=1S/C28H34N4O2S/c1-19(20-9-3-2-4-10-20)30-28(34)26-21-11-5-6-12-23(21)31-27(24-13-7-8-16-35-24)22(26)17-32-15-14-29-25(33)18-32/h5-8,11-13,19-20H,2-4,9-10,14-18H2,1H3,(H,29,33)(H,30,34)/t19-/m0/s1. The van der Waals surface area contributed by atoms with E-state index >= 15 is 0 Å². The van der Waals surface area contributed by atoms with Gasteiger partial charge in [-0.25, -0.2) is 4.98 Å². The highest BCUT2D eigenvalue weighted by molar-refractivity contribution is 8.08. The van der Waals surface area contributed by atoms with Crippen LogP contribution in [-0.4, -0.2) is 53.1 Å². The average Bonchev–Trinajstić information content (AvgIpc) is 2.89. The second kappa shape index (κ2) is 11.0. The third-order valence-electron chi connectivity index (χ3n) is 7.39. The first kappa shape index (κ1) is 24.1. The summed E-state index contributed by atoms with van der Waals surface area (Å²) in [6, 6.07) is 8.06. The Labute approximate surface area is 211 Å². The van der Waals surface area contributed by atoms with Gasteiger partial charge in [-0.05, 0) is 37.8 Å². The molecule has 2 amide bonds. The molecule has 3 heterocycles. The number of fused-ring (bicyclic) bond motifs is 1. The molecule has 0 bridgehead atoms. The van der Waals surface area contributed by atoms with Crippen LogP contribution in [0.5, 0.6) is 0 Å². The van der Waals surface area contributed by atoms with Crippen LogP contribution in [0.25, 0.3) is 15.8 Å². The van der Waals surface area contributed by atoms with E-state index in [1.54, 1.807) is 11.8 Å². The Bertz CT molecular complexity index is 1170. The average molecular weight is 491 g/mol. The number of amides is 2. The lowest BCUT2D eigenvalue weighted by molar-refractivity contribution is -0.124. The number of carbonyl (C=O) groups excluding carboxylic acids is 2. The molecule has 2 aromatic rings. The van der Waals surface area contributed by atoms with E-state index in [0.29, 0.717) is 31.1 Å². The maximum absolute atomic E-state index is 14.0. The Kier molecular flexibility index (Phi) is 7.54. The molecule has 3 aliphatic rings. The predicted octanol–water partition coefficient (Wildman–Crippen LogP) is 4.51. The predicted molar refractivity (Wildman–Crippen MR) is 143 cm³/mol. The molecule has 1 saturated heterocycles. The van der Waals surface area contributed by atoms with Crippen LogP contribution in [0.15, 0.2) is 42.5 Å². The summed E-state index contributed by atoms with van der Waals surface area (Å²) in [6.45, 7) is 4.37. The molecule has 5 rings (SSSR count). The first-order chi connectivity index (χ1) is 17.1. The van der Waals surface area contributed by atoms with Crippen LogP contribution in [0.2, 0.25) is 0 Å². The zero-order valence-corrected chi connectivity index (χ0v) is 21.2. The molecule has 2 N–H and O–H groups in total. The first-order valence-electron chi connectivity index (χ1n) is 12.8. The molecule has 1 aliphatic carbocycles. The molecule has 2 aliphatic heterocycles. The summed E-state index contributed by atoms with van der Waals surface area (Å²) in [5, 5.41) is 7.15. The third kappa shape index (κ3) is 5.46. The minimum absolute atomic E-state index is 0.0256. The molecule has 0 unspecified atom stereocenters. The van der Waals surface area contributed by atoms with Gasteiger partial charge >= 0.3 is 0 Å². The number of hydrogen-bond acceptors (Lipinski definition) is 5. The number of hydrogen-bond donors (Lipinski definition) is 2. The number of rotatable bonds is 6. The minimum atomic E-state index is -0.0312. The highest BCUT2D eigenvalue weighted by atomic mass is 32.2. The van der Waals surface area contributed by atoms with Gasteiger partial charge in [-0.2, -0.15) is 0 Å². The van der Waals surface area contributed by atoms with Gasteiger partial charge in [0.05, 0.1) is 23.3 Å². The van der Waals surface area contributed by atoms with Gasteiger partial charge in [-0.15, -0.1) is 11.8 Å². The lowest BCUT2D eigenvalue weighted by Gasteiger charge is -2.30. The van der Waals surface area contributed by atoms with Gasteiger partial charge in [0, 0.05) is 47.3 Å². The number of benzene rings is 1. The maximum Gasteiger partial charge on any atom is 0.252 e. The summed E-state index contributed by atoms with van der Waals surface area (Å²) in [6.07, 6.45) is 12.4. The molecule has 7 heteroatoms. The van der Waals surface area contributed by atoms with E-state index in [2.05, 4.69) is 40.7 Å². The van der Waals surface area contributed by atoms with Crippen molar-refractivity contribution in [3.63, 3.8) is 0 Å². The highest BCUT2D eigenvalue weighted by Gasteiger charge is 2.28. The molecule has 1 aromatic carbocycles. The Hall–Kier alpha value is -2.64. The molecule has 0 radical (unpaired) electrons. The van der Waals surface area contributed by atoms with Crippen molar-refractivity contribution in [2.75, 3.05) is 25.4 Å². The smallest absolute Gasteiger partial charge is 0.252 e. The van der Waals surface area contributed by atoms with Gasteiger partial charge in [-0.3, -0.25) is 14.5 Å². The van der Waals surface area contributed by atoms with Crippen LogP contribution in [0.4, 0.5) is 0 Å². The van der Waals surface area contributed by atoms with Crippen molar-refractivity contribution >= 4 is 39.4 Å². The van der Waals surface area contributed by atoms with Gasteiger partial charge < -0.3 is 10.6 Å². The van der Waals surface area contributed by atoms with Crippen molar-refractivity contribution < 1.29 is 9.59 Å². The number of allylic oxidation sites excluding steroid dienone is 2. The Balaban J connectivity index is 1.59. The maximum atomic E-state index is 14.0. The Morgan fingerprint density at radius 2 is 2.09 bits per heavy atom. The molecule has 6 nitrogen and oxygen atoms in total. The second-order valence-electron chi connectivity index (χ2n) is 9.82. The van der Waals surface area contributed by atoms with E-state index in [4.69, 9.17) is 4.98 Å². The van der Waals surface area contributed by atoms with E-state index in [9.17, 15) is 9.59 Å². The normalized spacial score (nSPS) is 20.4. The fourth-order valence-corrected chi connectivity index (χ4v) is 6.36. The largest absolute Gasteiger partial charge is 0.354 e. The van der Waals surface area contributed by atoms with Crippen LogP contribution >= 0.6 is 11.8 Å². The molecular formula is C28H34N4O2S. The van der Waals surface area contributed by atoms with Crippen molar-refractivity contribution in [2.24, 2.45) is 5.92 Å². The summed E-state index contributed by atoms with van der Waals surface area (Å²) in [4.78, 5) is 34.4. The number of nitrogens with zero attached hydrogens (tertiary/aromatic N) is 2. The summed E-state index contributed by atoms with van der Waals surface area (Å²) < 4.78 is 0. The number of nitrogens with one attached hydrogen (secondary N) is 2. The lowest BCUT2D eigenvalue weighted by atomic mass is 9.84. The fraction of sp³-hybridized carbons (Fsp3) is 0.464. The number of thioether (sulfide) groups is 1. The monoisotopic (exact) mass is 490 g/mol. The number of pyridine rings is 1. The first-order valence-corrected chi connectivity index (χ1v) is 13.8. The van der Waals surface area contributed by atoms with Gasteiger partial charge in [-0.1, -0.05) is 49.6 Å². The number of piperazine rings is 1. The molecule has 184 valence electrons. The van der Waals surface area contributed by atoms with Crippen molar-refractivity contribution in [1.29, 1.82) is 0 Å². The SMILES string of the molecule is C[C@H](NC(=O)c1c(CN2CCNC(=O)C2)c(C2=CC=CCS2)nc2ccccc12)C1CCCCC1. The Morgan fingerprint density at radius 1 is 1.26 bits per heavy atom. The molecule has 1 aromatic heterocycles. The molecule has 2 fully saturated rings. The van der Waals surface area contributed by atoms with Gasteiger partial charge in [0.25, 0.3) is 5.91 Å². The van der Waals surface area contributed by atoms with Gasteiger partial charge in [0.15, 0.2) is 0 Å². The topological polar surface area (TPSA) is 74.3 Å². The minimum Gasteiger partial charge on any atom is -0.354 e. The zero-order valence-electron chi connectivity index (χ0n) is 20.4. The zero-order chi connectivity index (χ0) is 24.2. The molecule has 1 atom stereocenters. The lowest BCUT2D eigenvalue weighted by Crippen LogP contribution is -2.47. The number of carbonyl (C=O) groups is 2.